The van der Waals surface area contributed by atoms with E-state index in [1.807, 2.05) is 45.9 Å². The molecular weight excluding hydrogens is 378 g/mol. The molecule has 0 spiro atoms. The van der Waals surface area contributed by atoms with Crippen molar-refractivity contribution in [3.8, 4) is 11.5 Å². The van der Waals surface area contributed by atoms with Gasteiger partial charge in [-0.2, -0.15) is 4.98 Å². The molecule has 4 unspecified atom stereocenters. The summed E-state index contributed by atoms with van der Waals surface area (Å²) in [6, 6.07) is 7.27. The minimum Gasteiger partial charge on any atom is -0.450 e. The van der Waals surface area contributed by atoms with Crippen molar-refractivity contribution in [3.05, 3.63) is 40.9 Å². The number of aliphatic hydroxyl groups is 2. The number of para-hydroxylation sites is 2. The normalized spacial score (nSPS) is 23.8. The first-order valence-electron chi connectivity index (χ1n) is 9.76. The number of fused-ring (bicyclic) bond motifs is 2. The fourth-order valence-corrected chi connectivity index (χ4v) is 3.05. The number of ether oxygens (including phenoxy) is 3. The zero-order valence-electron chi connectivity index (χ0n) is 17.3. The standard InChI is InChI=1S/C16H17N3O6.2C2H6/c1-23-13-12(21)11(7-20)25-15(13)19-6-10-14(18-16(19)22)17-8-4-2-3-5-9(8)24-10;2*1-2/h2-6,11-13,15,20-21H,7H2,1H3,(H,17,18,22);2*1-2H3. The van der Waals surface area contributed by atoms with Gasteiger partial charge in [-0.15, -0.1) is 0 Å². The van der Waals surface area contributed by atoms with Crippen LogP contribution >= 0.6 is 0 Å². The van der Waals surface area contributed by atoms with Crippen molar-refractivity contribution in [2.45, 2.75) is 52.2 Å². The molecule has 2 aromatic rings. The van der Waals surface area contributed by atoms with E-state index in [9.17, 15) is 15.0 Å². The quantitative estimate of drug-likeness (QED) is 0.606. The molecule has 160 valence electrons. The van der Waals surface area contributed by atoms with Crippen LogP contribution in [0.25, 0.3) is 0 Å². The van der Waals surface area contributed by atoms with Gasteiger partial charge in [-0.1, -0.05) is 39.8 Å². The Morgan fingerprint density at radius 2 is 1.90 bits per heavy atom. The first-order valence-corrected chi connectivity index (χ1v) is 9.76. The topological polar surface area (TPSA) is 115 Å². The maximum absolute atomic E-state index is 12.4. The minimum absolute atomic E-state index is 0.297. The van der Waals surface area contributed by atoms with Crippen LogP contribution in [0.3, 0.4) is 0 Å². The Labute approximate surface area is 169 Å². The van der Waals surface area contributed by atoms with Crippen LogP contribution in [0.5, 0.6) is 11.5 Å². The van der Waals surface area contributed by atoms with E-state index in [-0.39, 0.29) is 0 Å². The Bertz CT molecular complexity index is 856. The monoisotopic (exact) mass is 407 g/mol. The maximum Gasteiger partial charge on any atom is 0.351 e. The number of aliphatic hydroxyl groups excluding tert-OH is 2. The molecule has 0 radical (unpaired) electrons. The van der Waals surface area contributed by atoms with Crippen molar-refractivity contribution < 1.29 is 24.4 Å². The number of nitrogens with one attached hydrogen (secondary N) is 1. The van der Waals surface area contributed by atoms with Crippen molar-refractivity contribution in [2.75, 3.05) is 19.0 Å². The van der Waals surface area contributed by atoms with Crippen LogP contribution in [0.2, 0.25) is 0 Å². The average Bonchev–Trinajstić information content (AvgIpc) is 3.09. The highest BCUT2D eigenvalue weighted by atomic mass is 16.6. The Morgan fingerprint density at radius 3 is 2.55 bits per heavy atom. The molecule has 0 bridgehead atoms. The van der Waals surface area contributed by atoms with Crippen LogP contribution in [0, 0.1) is 0 Å². The van der Waals surface area contributed by atoms with Crippen molar-refractivity contribution in [2.24, 2.45) is 0 Å². The maximum atomic E-state index is 12.4. The summed E-state index contributed by atoms with van der Waals surface area (Å²) in [5.74, 6) is 1.25. The highest BCUT2D eigenvalue weighted by Crippen LogP contribution is 2.40. The third-order valence-corrected chi connectivity index (χ3v) is 4.32. The number of hydrogen-bond acceptors (Lipinski definition) is 8. The van der Waals surface area contributed by atoms with E-state index >= 15 is 0 Å². The summed E-state index contributed by atoms with van der Waals surface area (Å²) >= 11 is 0. The molecule has 3 heterocycles. The lowest BCUT2D eigenvalue weighted by Crippen LogP contribution is -2.37. The number of rotatable bonds is 3. The van der Waals surface area contributed by atoms with Crippen LogP contribution in [-0.4, -0.2) is 51.8 Å². The van der Waals surface area contributed by atoms with E-state index < -0.39 is 36.8 Å². The predicted molar refractivity (Wildman–Crippen MR) is 109 cm³/mol. The van der Waals surface area contributed by atoms with Gasteiger partial charge in [0.05, 0.1) is 18.5 Å². The van der Waals surface area contributed by atoms with Gasteiger partial charge in [0.25, 0.3) is 0 Å². The van der Waals surface area contributed by atoms with Crippen LogP contribution in [0.1, 0.15) is 33.9 Å². The number of aromatic nitrogens is 2. The molecular formula is C20H29N3O6. The van der Waals surface area contributed by atoms with Gasteiger partial charge in [-0.05, 0) is 12.1 Å². The molecule has 1 saturated heterocycles. The summed E-state index contributed by atoms with van der Waals surface area (Å²) in [5, 5.41) is 22.5. The molecule has 0 saturated carbocycles. The van der Waals surface area contributed by atoms with Gasteiger partial charge in [-0.3, -0.25) is 4.57 Å². The summed E-state index contributed by atoms with van der Waals surface area (Å²) in [6.45, 7) is 7.61. The second-order valence-electron chi connectivity index (χ2n) is 5.81. The van der Waals surface area contributed by atoms with E-state index in [1.54, 1.807) is 6.07 Å². The number of methoxy groups -OCH3 is 1. The number of benzene rings is 1. The summed E-state index contributed by atoms with van der Waals surface area (Å²) in [5.41, 5.74) is 0.120. The zero-order chi connectivity index (χ0) is 21.6. The lowest BCUT2D eigenvalue weighted by molar-refractivity contribution is -0.0626. The summed E-state index contributed by atoms with van der Waals surface area (Å²) in [4.78, 5) is 16.4. The molecule has 0 amide bonds. The van der Waals surface area contributed by atoms with Crippen molar-refractivity contribution in [3.63, 3.8) is 0 Å². The van der Waals surface area contributed by atoms with Crippen LogP contribution in [-0.2, 0) is 9.47 Å². The molecule has 1 aromatic heterocycles. The van der Waals surface area contributed by atoms with Gasteiger partial charge < -0.3 is 29.7 Å². The minimum atomic E-state index is -1.07. The highest BCUT2D eigenvalue weighted by molar-refractivity contribution is 5.72. The second-order valence-corrected chi connectivity index (χ2v) is 5.81. The molecule has 2 aliphatic rings. The molecule has 1 fully saturated rings. The van der Waals surface area contributed by atoms with E-state index in [0.29, 0.717) is 23.0 Å². The molecule has 1 aromatic carbocycles. The Kier molecular flexibility index (Phi) is 8.15. The second kappa shape index (κ2) is 10.4. The van der Waals surface area contributed by atoms with E-state index in [1.165, 1.54) is 17.9 Å². The van der Waals surface area contributed by atoms with E-state index in [4.69, 9.17) is 14.2 Å². The van der Waals surface area contributed by atoms with Crippen LogP contribution < -0.4 is 15.7 Å². The fourth-order valence-electron chi connectivity index (χ4n) is 3.05. The molecule has 4 atom stereocenters. The summed E-state index contributed by atoms with van der Waals surface area (Å²) in [6.07, 6.45) is -2.21. The number of nitrogens with zero attached hydrogens (tertiary/aromatic N) is 2. The lowest BCUT2D eigenvalue weighted by atomic mass is 10.1. The zero-order valence-corrected chi connectivity index (χ0v) is 17.3. The third kappa shape index (κ3) is 4.43. The molecule has 9 nitrogen and oxygen atoms in total. The average molecular weight is 407 g/mol. The first-order chi connectivity index (χ1) is 14.1. The van der Waals surface area contributed by atoms with Crippen molar-refractivity contribution in [1.29, 1.82) is 0 Å². The molecule has 29 heavy (non-hydrogen) atoms. The number of anilines is 2. The van der Waals surface area contributed by atoms with Gasteiger partial charge in [0.1, 0.15) is 18.3 Å². The Balaban J connectivity index is 0.000000707. The highest BCUT2D eigenvalue weighted by Gasteiger charge is 2.45. The van der Waals surface area contributed by atoms with Gasteiger partial charge in [0, 0.05) is 7.11 Å². The van der Waals surface area contributed by atoms with Crippen molar-refractivity contribution in [1.82, 2.24) is 9.55 Å². The smallest absolute Gasteiger partial charge is 0.351 e. The molecule has 2 aliphatic heterocycles. The van der Waals surface area contributed by atoms with Gasteiger partial charge >= 0.3 is 5.69 Å². The van der Waals surface area contributed by atoms with Crippen LogP contribution in [0.4, 0.5) is 11.5 Å². The largest absolute Gasteiger partial charge is 0.450 e. The van der Waals surface area contributed by atoms with Crippen molar-refractivity contribution >= 4 is 11.5 Å². The van der Waals surface area contributed by atoms with Gasteiger partial charge in [0.2, 0.25) is 0 Å². The SMILES string of the molecule is CC.CC.COC1C(O)C(CO)OC1n1cc2c(nc1=O)Nc1ccccc1O2. The first kappa shape index (κ1) is 22.8. The lowest BCUT2D eigenvalue weighted by Gasteiger charge is -2.24. The predicted octanol–water partition coefficient (Wildman–Crippen LogP) is 2.41. The van der Waals surface area contributed by atoms with Gasteiger partial charge in [0.15, 0.2) is 23.5 Å². The molecule has 3 N–H and O–H groups in total. The van der Waals surface area contributed by atoms with E-state index in [0.717, 1.165) is 0 Å². The number of hydrogen-bond donors (Lipinski definition) is 3. The molecule has 0 aliphatic carbocycles. The Morgan fingerprint density at radius 1 is 1.21 bits per heavy atom. The molecule has 9 heteroatoms. The summed E-state index contributed by atoms with van der Waals surface area (Å²) < 4.78 is 17.8. The van der Waals surface area contributed by atoms with E-state index in [2.05, 4.69) is 10.3 Å². The Hall–Kier alpha value is -2.46. The van der Waals surface area contributed by atoms with Crippen LogP contribution in [0.15, 0.2) is 35.3 Å². The fraction of sp³-hybridized carbons (Fsp3) is 0.500. The van der Waals surface area contributed by atoms with Gasteiger partial charge in [-0.25, -0.2) is 4.79 Å². The molecule has 4 rings (SSSR count). The summed E-state index contributed by atoms with van der Waals surface area (Å²) in [7, 11) is 1.40. The third-order valence-electron chi connectivity index (χ3n) is 4.32.